The predicted molar refractivity (Wildman–Crippen MR) is 84.3 cm³/mol. The van der Waals surface area contributed by atoms with Crippen LogP contribution < -0.4 is 4.74 Å². The molecule has 2 heterocycles. The lowest BCUT2D eigenvalue weighted by molar-refractivity contribution is -0.386. The molecule has 0 radical (unpaired) electrons. The average Bonchev–Trinajstić information content (AvgIpc) is 2.89. The number of aromatic nitrogens is 1. The molecular formula is C17H13N3O3. The molecule has 0 bridgehead atoms. The van der Waals surface area contributed by atoms with Gasteiger partial charge in [-0.2, -0.15) is 5.26 Å². The highest BCUT2D eigenvalue weighted by Gasteiger charge is 2.19. The molecule has 0 spiro atoms. The summed E-state index contributed by atoms with van der Waals surface area (Å²) in [5.74, 6) is 0.203. The Hall–Kier alpha value is -3.33. The summed E-state index contributed by atoms with van der Waals surface area (Å²) in [5.41, 5.74) is 2.48. The number of aryl methyl sites for hydroxylation is 1. The highest BCUT2D eigenvalue weighted by molar-refractivity contribution is 5.65. The summed E-state index contributed by atoms with van der Waals surface area (Å²) in [5, 5.41) is 20.5. The molecule has 6 nitrogen and oxygen atoms in total. The summed E-state index contributed by atoms with van der Waals surface area (Å²) >= 11 is 0. The number of para-hydroxylation sites is 1. The number of nitrogens with zero attached hydrogens (tertiary/aromatic N) is 3. The summed E-state index contributed by atoms with van der Waals surface area (Å²) in [4.78, 5) is 10.7. The lowest BCUT2D eigenvalue weighted by atomic mass is 10.2. The van der Waals surface area contributed by atoms with Gasteiger partial charge in [0.2, 0.25) is 0 Å². The first-order valence-electron chi connectivity index (χ1n) is 6.97. The standard InChI is InChI=1S/C17H13N3O3/c1-12-5-4-7-16(17(12)20(21)22)23-11-13-10-19-8-3-2-6-15(19)14(13)9-18/h2-8,10H,11H2,1H3. The Kier molecular flexibility index (Phi) is 3.69. The quantitative estimate of drug-likeness (QED) is 0.544. The van der Waals surface area contributed by atoms with E-state index < -0.39 is 4.92 Å². The third kappa shape index (κ3) is 2.60. The SMILES string of the molecule is Cc1cccc(OCc2cn3ccccc3c2C#N)c1[N+](=O)[O-]. The zero-order valence-corrected chi connectivity index (χ0v) is 12.4. The first-order chi connectivity index (χ1) is 11.1. The monoisotopic (exact) mass is 307 g/mol. The minimum Gasteiger partial charge on any atom is -0.482 e. The van der Waals surface area contributed by atoms with Gasteiger partial charge in [0, 0.05) is 23.5 Å². The first kappa shape index (κ1) is 14.6. The minimum atomic E-state index is -0.452. The zero-order chi connectivity index (χ0) is 16.4. The molecule has 3 rings (SSSR count). The molecule has 0 fully saturated rings. The van der Waals surface area contributed by atoms with Crippen LogP contribution in [0.2, 0.25) is 0 Å². The maximum Gasteiger partial charge on any atom is 0.313 e. The maximum absolute atomic E-state index is 11.2. The summed E-state index contributed by atoms with van der Waals surface area (Å²) < 4.78 is 7.47. The lowest BCUT2D eigenvalue weighted by Crippen LogP contribution is -2.01. The van der Waals surface area contributed by atoms with Gasteiger partial charge >= 0.3 is 5.69 Å². The number of fused-ring (bicyclic) bond motifs is 1. The largest absolute Gasteiger partial charge is 0.482 e. The number of benzene rings is 1. The number of nitro benzene ring substituents is 1. The molecular weight excluding hydrogens is 294 g/mol. The maximum atomic E-state index is 11.2. The van der Waals surface area contributed by atoms with E-state index in [1.807, 2.05) is 28.8 Å². The van der Waals surface area contributed by atoms with Gasteiger partial charge in [-0.3, -0.25) is 10.1 Å². The van der Waals surface area contributed by atoms with Gasteiger partial charge in [0.25, 0.3) is 0 Å². The topological polar surface area (TPSA) is 80.6 Å². The van der Waals surface area contributed by atoms with Gasteiger partial charge in [0.15, 0.2) is 5.75 Å². The van der Waals surface area contributed by atoms with Crippen LogP contribution in [0.5, 0.6) is 5.75 Å². The molecule has 1 aromatic carbocycles. The molecule has 0 saturated carbocycles. The first-order valence-corrected chi connectivity index (χ1v) is 6.97. The average molecular weight is 307 g/mol. The van der Waals surface area contributed by atoms with Crippen molar-refractivity contribution in [2.24, 2.45) is 0 Å². The summed E-state index contributed by atoms with van der Waals surface area (Å²) in [6.07, 6.45) is 3.64. The van der Waals surface area contributed by atoms with Crippen LogP contribution in [0.4, 0.5) is 5.69 Å². The van der Waals surface area contributed by atoms with Crippen LogP contribution in [0.25, 0.3) is 5.52 Å². The van der Waals surface area contributed by atoms with Crippen molar-refractivity contribution in [3.05, 3.63) is 75.6 Å². The van der Waals surface area contributed by atoms with E-state index in [4.69, 9.17) is 4.74 Å². The van der Waals surface area contributed by atoms with Gasteiger partial charge in [-0.1, -0.05) is 18.2 Å². The molecule has 0 unspecified atom stereocenters. The molecule has 0 aliphatic heterocycles. The zero-order valence-electron chi connectivity index (χ0n) is 12.4. The van der Waals surface area contributed by atoms with E-state index in [0.29, 0.717) is 16.7 Å². The van der Waals surface area contributed by atoms with E-state index in [1.165, 1.54) is 0 Å². The molecule has 114 valence electrons. The molecule has 0 N–H and O–H groups in total. The minimum absolute atomic E-state index is 0.0465. The van der Waals surface area contributed by atoms with Crippen LogP contribution >= 0.6 is 0 Å². The van der Waals surface area contributed by atoms with E-state index in [2.05, 4.69) is 6.07 Å². The number of rotatable bonds is 4. The Bertz CT molecular complexity index is 938. The number of ether oxygens (including phenoxy) is 1. The molecule has 0 saturated heterocycles. The molecule has 0 aliphatic rings. The Labute approximate surface area is 132 Å². The van der Waals surface area contributed by atoms with Crippen molar-refractivity contribution in [2.45, 2.75) is 13.5 Å². The van der Waals surface area contributed by atoms with E-state index >= 15 is 0 Å². The fourth-order valence-corrected chi connectivity index (χ4v) is 2.55. The second kappa shape index (κ2) is 5.81. The van der Waals surface area contributed by atoms with E-state index in [-0.39, 0.29) is 18.0 Å². The van der Waals surface area contributed by atoms with E-state index in [1.54, 1.807) is 31.3 Å². The van der Waals surface area contributed by atoms with Crippen LogP contribution in [0, 0.1) is 28.4 Å². The van der Waals surface area contributed by atoms with Gasteiger partial charge in [0.1, 0.15) is 12.7 Å². The molecule has 0 atom stereocenters. The van der Waals surface area contributed by atoms with Gasteiger partial charge in [-0.15, -0.1) is 0 Å². The van der Waals surface area contributed by atoms with Crippen molar-refractivity contribution >= 4 is 11.2 Å². The molecule has 2 aromatic heterocycles. The van der Waals surface area contributed by atoms with Crippen LogP contribution in [-0.2, 0) is 6.61 Å². The van der Waals surface area contributed by atoms with Crippen molar-refractivity contribution in [3.8, 4) is 11.8 Å². The van der Waals surface area contributed by atoms with Gasteiger partial charge in [-0.25, -0.2) is 0 Å². The van der Waals surface area contributed by atoms with Crippen LogP contribution in [0.15, 0.2) is 48.8 Å². The normalized spacial score (nSPS) is 10.4. The highest BCUT2D eigenvalue weighted by atomic mass is 16.6. The number of nitro groups is 1. The van der Waals surface area contributed by atoms with Gasteiger partial charge in [-0.05, 0) is 25.1 Å². The summed E-state index contributed by atoms with van der Waals surface area (Å²) in [6, 6.07) is 12.7. The number of hydrogen-bond acceptors (Lipinski definition) is 4. The number of pyridine rings is 1. The summed E-state index contributed by atoms with van der Waals surface area (Å²) in [7, 11) is 0. The Balaban J connectivity index is 1.95. The van der Waals surface area contributed by atoms with Crippen LogP contribution in [0.1, 0.15) is 16.7 Å². The summed E-state index contributed by atoms with van der Waals surface area (Å²) in [6.45, 7) is 1.76. The Morgan fingerprint density at radius 3 is 2.87 bits per heavy atom. The van der Waals surface area contributed by atoms with Crippen molar-refractivity contribution in [1.29, 1.82) is 5.26 Å². The number of hydrogen-bond donors (Lipinski definition) is 0. The molecule has 0 amide bonds. The van der Waals surface area contributed by atoms with Crippen molar-refractivity contribution in [3.63, 3.8) is 0 Å². The fourth-order valence-electron chi connectivity index (χ4n) is 2.55. The van der Waals surface area contributed by atoms with Crippen LogP contribution in [-0.4, -0.2) is 9.32 Å². The predicted octanol–water partition coefficient (Wildman–Crippen LogP) is 3.61. The fraction of sp³-hybridized carbons (Fsp3) is 0.118. The second-order valence-electron chi connectivity index (χ2n) is 5.10. The van der Waals surface area contributed by atoms with Gasteiger partial charge < -0.3 is 9.14 Å². The Morgan fingerprint density at radius 1 is 1.30 bits per heavy atom. The molecule has 0 aliphatic carbocycles. The van der Waals surface area contributed by atoms with E-state index in [0.717, 1.165) is 5.52 Å². The molecule has 6 heteroatoms. The Morgan fingerprint density at radius 2 is 2.13 bits per heavy atom. The third-order valence-electron chi connectivity index (χ3n) is 3.64. The second-order valence-corrected chi connectivity index (χ2v) is 5.10. The number of nitriles is 1. The highest BCUT2D eigenvalue weighted by Crippen LogP contribution is 2.31. The van der Waals surface area contributed by atoms with Crippen molar-refractivity contribution in [1.82, 2.24) is 4.40 Å². The third-order valence-corrected chi connectivity index (χ3v) is 3.64. The van der Waals surface area contributed by atoms with Crippen molar-refractivity contribution in [2.75, 3.05) is 0 Å². The molecule has 3 aromatic rings. The van der Waals surface area contributed by atoms with Crippen molar-refractivity contribution < 1.29 is 9.66 Å². The van der Waals surface area contributed by atoms with Crippen LogP contribution in [0.3, 0.4) is 0 Å². The molecule has 23 heavy (non-hydrogen) atoms. The van der Waals surface area contributed by atoms with Gasteiger partial charge in [0.05, 0.1) is 16.0 Å². The van der Waals surface area contributed by atoms with E-state index in [9.17, 15) is 15.4 Å². The lowest BCUT2D eigenvalue weighted by Gasteiger charge is -2.07. The smallest absolute Gasteiger partial charge is 0.313 e.